The van der Waals surface area contributed by atoms with Crippen LogP contribution in [0.2, 0.25) is 0 Å². The van der Waals surface area contributed by atoms with E-state index < -0.39 is 0 Å². The molecule has 4 heteroatoms. The van der Waals surface area contributed by atoms with Gasteiger partial charge in [0.05, 0.1) is 12.3 Å². The molecule has 1 aliphatic carbocycles. The summed E-state index contributed by atoms with van der Waals surface area (Å²) in [7, 11) is 0. The van der Waals surface area contributed by atoms with Gasteiger partial charge in [-0.25, -0.2) is 0 Å². The van der Waals surface area contributed by atoms with Gasteiger partial charge in [0.25, 0.3) is 0 Å². The number of ether oxygens (including phenoxy) is 2. The first kappa shape index (κ1) is 13.8. The molecule has 0 aromatic carbocycles. The Morgan fingerprint density at radius 3 is 2.80 bits per heavy atom. The molecule has 1 N–H and O–H groups in total. The summed E-state index contributed by atoms with van der Waals surface area (Å²) in [6.45, 7) is 5.37. The van der Waals surface area contributed by atoms with Crippen molar-refractivity contribution in [2.45, 2.75) is 45.2 Å². The topological polar surface area (TPSA) is 43.4 Å². The molecule has 1 aromatic rings. The van der Waals surface area contributed by atoms with Crippen molar-refractivity contribution in [1.29, 1.82) is 0 Å². The Morgan fingerprint density at radius 1 is 1.25 bits per heavy atom. The summed E-state index contributed by atoms with van der Waals surface area (Å²) in [6, 6.07) is 4.78. The van der Waals surface area contributed by atoms with E-state index in [1.165, 1.54) is 12.8 Å². The second-order valence-corrected chi connectivity index (χ2v) is 5.92. The van der Waals surface area contributed by atoms with Crippen LogP contribution in [0.15, 0.2) is 12.1 Å². The van der Waals surface area contributed by atoms with Crippen LogP contribution in [0, 0.1) is 12.8 Å². The molecule has 1 saturated carbocycles. The molecule has 0 amide bonds. The van der Waals surface area contributed by atoms with Crippen LogP contribution in [0.1, 0.15) is 37.1 Å². The van der Waals surface area contributed by atoms with Gasteiger partial charge in [-0.3, -0.25) is 4.98 Å². The minimum atomic E-state index is 0.620. The summed E-state index contributed by atoms with van der Waals surface area (Å²) < 4.78 is 11.4. The quantitative estimate of drug-likeness (QED) is 0.866. The third-order valence-electron chi connectivity index (χ3n) is 4.02. The Morgan fingerprint density at radius 2 is 2.05 bits per heavy atom. The molecule has 110 valence electrons. The van der Waals surface area contributed by atoms with Gasteiger partial charge >= 0.3 is 0 Å². The van der Waals surface area contributed by atoms with E-state index in [1.54, 1.807) is 0 Å². The van der Waals surface area contributed by atoms with Crippen molar-refractivity contribution in [2.75, 3.05) is 19.8 Å². The lowest BCUT2D eigenvalue weighted by molar-refractivity contribution is 0.0495. The summed E-state index contributed by atoms with van der Waals surface area (Å²) in [5.41, 5.74) is 2.10. The van der Waals surface area contributed by atoms with E-state index in [0.29, 0.717) is 12.0 Å². The number of aryl methyl sites for hydroxylation is 1. The van der Waals surface area contributed by atoms with Gasteiger partial charge in [0, 0.05) is 31.5 Å². The monoisotopic (exact) mass is 276 g/mol. The van der Waals surface area contributed by atoms with Gasteiger partial charge in [0.2, 0.25) is 0 Å². The lowest BCUT2D eigenvalue weighted by Gasteiger charge is -2.22. The Labute approximate surface area is 120 Å². The number of rotatable bonds is 6. The van der Waals surface area contributed by atoms with Crippen molar-refractivity contribution >= 4 is 0 Å². The fourth-order valence-corrected chi connectivity index (χ4v) is 2.50. The van der Waals surface area contributed by atoms with Crippen LogP contribution >= 0.6 is 0 Å². The summed E-state index contributed by atoms with van der Waals surface area (Å²) in [5, 5.41) is 3.52. The molecule has 0 atom stereocenters. The van der Waals surface area contributed by atoms with E-state index in [1.807, 2.05) is 13.0 Å². The van der Waals surface area contributed by atoms with Crippen molar-refractivity contribution in [3.63, 3.8) is 0 Å². The van der Waals surface area contributed by atoms with E-state index in [-0.39, 0.29) is 0 Å². The summed E-state index contributed by atoms with van der Waals surface area (Å²) in [6.07, 6.45) is 4.80. The largest absolute Gasteiger partial charge is 0.491 e. The van der Waals surface area contributed by atoms with Crippen molar-refractivity contribution in [2.24, 2.45) is 5.92 Å². The number of pyridine rings is 1. The maximum absolute atomic E-state index is 6.03. The van der Waals surface area contributed by atoms with Gasteiger partial charge in [0.15, 0.2) is 0 Å². The summed E-state index contributed by atoms with van der Waals surface area (Å²) >= 11 is 0. The molecule has 3 rings (SSSR count). The Kier molecular flexibility index (Phi) is 4.53. The van der Waals surface area contributed by atoms with Gasteiger partial charge in [0.1, 0.15) is 5.75 Å². The van der Waals surface area contributed by atoms with Crippen LogP contribution in [0.5, 0.6) is 5.75 Å². The third kappa shape index (κ3) is 3.93. The Bertz CT molecular complexity index is 440. The Hall–Kier alpha value is -1.13. The standard InChI is InChI=1S/C16H24N2O2/c1-12-2-5-16(15(18-12)10-17-14-3-4-14)20-11-13-6-8-19-9-7-13/h2,5,13-14,17H,3-4,6-11H2,1H3. The van der Waals surface area contributed by atoms with Crippen LogP contribution in [-0.2, 0) is 11.3 Å². The average Bonchev–Trinajstić information content (AvgIpc) is 3.29. The number of aromatic nitrogens is 1. The number of nitrogens with zero attached hydrogens (tertiary/aromatic N) is 1. The normalized spacial score (nSPS) is 20.1. The molecule has 0 spiro atoms. The van der Waals surface area contributed by atoms with Crippen molar-refractivity contribution in [3.05, 3.63) is 23.5 Å². The number of nitrogens with one attached hydrogen (secondary N) is 1. The maximum Gasteiger partial charge on any atom is 0.142 e. The summed E-state index contributed by atoms with van der Waals surface area (Å²) in [5.74, 6) is 1.56. The molecule has 1 aromatic heterocycles. The second-order valence-electron chi connectivity index (χ2n) is 5.92. The van der Waals surface area contributed by atoms with Crippen LogP contribution in [0.25, 0.3) is 0 Å². The molecule has 1 saturated heterocycles. The maximum atomic E-state index is 6.03. The SMILES string of the molecule is Cc1ccc(OCC2CCOCC2)c(CNC2CC2)n1. The molecule has 0 radical (unpaired) electrons. The molecule has 2 fully saturated rings. The number of hydrogen-bond acceptors (Lipinski definition) is 4. The molecule has 0 bridgehead atoms. The fourth-order valence-electron chi connectivity index (χ4n) is 2.50. The third-order valence-corrected chi connectivity index (χ3v) is 4.02. The highest BCUT2D eigenvalue weighted by Crippen LogP contribution is 2.23. The molecule has 4 nitrogen and oxygen atoms in total. The van der Waals surface area contributed by atoms with Gasteiger partial charge in [-0.15, -0.1) is 0 Å². The highest BCUT2D eigenvalue weighted by atomic mass is 16.5. The van der Waals surface area contributed by atoms with Crippen molar-refractivity contribution in [3.8, 4) is 5.75 Å². The lowest BCUT2D eigenvalue weighted by Crippen LogP contribution is -2.22. The minimum absolute atomic E-state index is 0.620. The smallest absolute Gasteiger partial charge is 0.142 e. The van der Waals surface area contributed by atoms with Crippen LogP contribution < -0.4 is 10.1 Å². The average molecular weight is 276 g/mol. The number of hydrogen-bond donors (Lipinski definition) is 1. The molecule has 1 aliphatic heterocycles. The van der Waals surface area contributed by atoms with Crippen LogP contribution in [0.3, 0.4) is 0 Å². The zero-order valence-electron chi connectivity index (χ0n) is 12.2. The molecular weight excluding hydrogens is 252 g/mol. The zero-order chi connectivity index (χ0) is 13.8. The molecule has 0 unspecified atom stereocenters. The van der Waals surface area contributed by atoms with E-state index in [4.69, 9.17) is 9.47 Å². The molecule has 2 heterocycles. The lowest BCUT2D eigenvalue weighted by atomic mass is 10.0. The van der Waals surface area contributed by atoms with Gasteiger partial charge < -0.3 is 14.8 Å². The first-order chi connectivity index (χ1) is 9.81. The first-order valence-electron chi connectivity index (χ1n) is 7.72. The van der Waals surface area contributed by atoms with E-state index >= 15 is 0 Å². The predicted octanol–water partition coefficient (Wildman–Crippen LogP) is 2.45. The summed E-state index contributed by atoms with van der Waals surface area (Å²) in [4.78, 5) is 4.62. The molecular formula is C16H24N2O2. The fraction of sp³-hybridized carbons (Fsp3) is 0.688. The first-order valence-corrected chi connectivity index (χ1v) is 7.72. The minimum Gasteiger partial charge on any atom is -0.491 e. The molecule has 2 aliphatic rings. The van der Waals surface area contributed by atoms with Crippen molar-refractivity contribution < 1.29 is 9.47 Å². The van der Waals surface area contributed by atoms with Gasteiger partial charge in [-0.1, -0.05) is 0 Å². The Balaban J connectivity index is 1.58. The van der Waals surface area contributed by atoms with Crippen LogP contribution in [0.4, 0.5) is 0 Å². The van der Waals surface area contributed by atoms with Gasteiger partial charge in [-0.05, 0) is 50.7 Å². The highest BCUT2D eigenvalue weighted by molar-refractivity contribution is 5.29. The highest BCUT2D eigenvalue weighted by Gasteiger charge is 2.21. The van der Waals surface area contributed by atoms with Crippen molar-refractivity contribution in [1.82, 2.24) is 10.3 Å². The van der Waals surface area contributed by atoms with E-state index in [2.05, 4.69) is 16.4 Å². The predicted molar refractivity (Wildman–Crippen MR) is 77.9 cm³/mol. The van der Waals surface area contributed by atoms with Crippen LogP contribution in [-0.4, -0.2) is 30.8 Å². The molecule has 20 heavy (non-hydrogen) atoms. The van der Waals surface area contributed by atoms with Gasteiger partial charge in [-0.2, -0.15) is 0 Å². The van der Waals surface area contributed by atoms with E-state index in [9.17, 15) is 0 Å². The second kappa shape index (κ2) is 6.55. The van der Waals surface area contributed by atoms with E-state index in [0.717, 1.165) is 56.3 Å². The zero-order valence-corrected chi connectivity index (χ0v) is 12.2.